The maximum Gasteiger partial charge on any atom is 0.319 e. The first-order chi connectivity index (χ1) is 13.6. The second-order valence-electron chi connectivity index (χ2n) is 7.13. The number of para-hydroxylation sites is 2. The van der Waals surface area contributed by atoms with Crippen LogP contribution in [-0.4, -0.2) is 55.7 Å². The van der Waals surface area contributed by atoms with Crippen molar-refractivity contribution in [2.45, 2.75) is 20.0 Å². The number of likely N-dealkylation sites (N-methyl/N-ethyl adjacent to an activating group) is 1. The van der Waals surface area contributed by atoms with E-state index < -0.39 is 0 Å². The third-order valence-corrected chi connectivity index (χ3v) is 4.91. The van der Waals surface area contributed by atoms with E-state index in [0.29, 0.717) is 24.6 Å². The molecule has 0 aromatic heterocycles. The first-order valence-electron chi connectivity index (χ1n) is 9.89. The van der Waals surface area contributed by atoms with Gasteiger partial charge in [-0.15, -0.1) is 0 Å². The van der Waals surface area contributed by atoms with E-state index in [1.54, 1.807) is 0 Å². The molecule has 0 atom stereocenters. The monoisotopic (exact) mass is 382 g/mol. The number of anilines is 1. The van der Waals surface area contributed by atoms with Gasteiger partial charge in [-0.2, -0.15) is 0 Å². The van der Waals surface area contributed by atoms with Crippen molar-refractivity contribution in [1.82, 2.24) is 15.1 Å². The van der Waals surface area contributed by atoms with Gasteiger partial charge < -0.3 is 20.3 Å². The molecule has 6 nitrogen and oxygen atoms in total. The maximum absolute atomic E-state index is 12.2. The highest BCUT2D eigenvalue weighted by molar-refractivity contribution is 5.90. The van der Waals surface area contributed by atoms with Gasteiger partial charge in [0, 0.05) is 39.3 Å². The fourth-order valence-electron chi connectivity index (χ4n) is 3.23. The minimum Gasteiger partial charge on any atom is -0.492 e. The van der Waals surface area contributed by atoms with Crippen molar-refractivity contribution in [2.75, 3.05) is 45.2 Å². The van der Waals surface area contributed by atoms with Gasteiger partial charge in [0.05, 0.1) is 12.3 Å². The van der Waals surface area contributed by atoms with Crippen LogP contribution in [0.3, 0.4) is 0 Å². The summed E-state index contributed by atoms with van der Waals surface area (Å²) < 4.78 is 5.53. The number of carbonyl (C=O) groups excluding carboxylic acids is 1. The van der Waals surface area contributed by atoms with Gasteiger partial charge >= 0.3 is 6.03 Å². The Morgan fingerprint density at radius 2 is 1.68 bits per heavy atom. The minimum atomic E-state index is -0.242. The lowest BCUT2D eigenvalue weighted by atomic mass is 10.1. The molecule has 0 radical (unpaired) electrons. The van der Waals surface area contributed by atoms with Gasteiger partial charge in [0.2, 0.25) is 0 Å². The van der Waals surface area contributed by atoms with E-state index in [1.165, 1.54) is 5.56 Å². The molecule has 3 rings (SSSR count). The first kappa shape index (κ1) is 20.2. The van der Waals surface area contributed by atoms with E-state index in [4.69, 9.17) is 4.74 Å². The molecule has 1 fully saturated rings. The number of carbonyl (C=O) groups is 1. The molecule has 0 unspecified atom stereocenters. The van der Waals surface area contributed by atoms with Crippen molar-refractivity contribution >= 4 is 11.7 Å². The quantitative estimate of drug-likeness (QED) is 0.772. The third-order valence-electron chi connectivity index (χ3n) is 4.91. The first-order valence-corrected chi connectivity index (χ1v) is 9.89. The number of piperazine rings is 1. The molecule has 2 aromatic rings. The largest absolute Gasteiger partial charge is 0.492 e. The van der Waals surface area contributed by atoms with Gasteiger partial charge in [-0.05, 0) is 37.2 Å². The molecule has 1 heterocycles. The van der Waals surface area contributed by atoms with Crippen LogP contribution in [0.15, 0.2) is 48.5 Å². The van der Waals surface area contributed by atoms with Gasteiger partial charge in [0.15, 0.2) is 0 Å². The normalized spacial score (nSPS) is 15.2. The van der Waals surface area contributed by atoms with Crippen molar-refractivity contribution < 1.29 is 9.53 Å². The van der Waals surface area contributed by atoms with Crippen LogP contribution in [-0.2, 0) is 13.1 Å². The van der Waals surface area contributed by atoms with Crippen LogP contribution in [0, 0.1) is 0 Å². The third kappa shape index (κ3) is 5.97. The Labute approximate surface area is 167 Å². The second kappa shape index (κ2) is 10.1. The zero-order valence-corrected chi connectivity index (χ0v) is 16.8. The average molecular weight is 383 g/mol. The SMILES string of the molecule is CCOc1ccccc1NC(=O)NCc1ccc(CN2CCN(C)CC2)cc1. The summed E-state index contributed by atoms with van der Waals surface area (Å²) >= 11 is 0. The van der Waals surface area contributed by atoms with Crippen molar-refractivity contribution in [3.8, 4) is 5.75 Å². The van der Waals surface area contributed by atoms with Crippen molar-refractivity contribution in [3.05, 3.63) is 59.7 Å². The fraction of sp³-hybridized carbons (Fsp3) is 0.409. The Balaban J connectivity index is 1.46. The summed E-state index contributed by atoms with van der Waals surface area (Å²) in [6.45, 7) is 8.43. The number of urea groups is 1. The molecule has 1 aliphatic heterocycles. The number of rotatable bonds is 7. The lowest BCUT2D eigenvalue weighted by molar-refractivity contribution is 0.148. The highest BCUT2D eigenvalue weighted by atomic mass is 16.5. The van der Waals surface area contributed by atoms with E-state index in [9.17, 15) is 4.79 Å². The van der Waals surface area contributed by atoms with Crippen LogP contribution in [0.1, 0.15) is 18.1 Å². The van der Waals surface area contributed by atoms with Crippen LogP contribution < -0.4 is 15.4 Å². The van der Waals surface area contributed by atoms with Gasteiger partial charge in [-0.1, -0.05) is 36.4 Å². The van der Waals surface area contributed by atoms with Crippen LogP contribution >= 0.6 is 0 Å². The van der Waals surface area contributed by atoms with Gasteiger partial charge in [0.1, 0.15) is 5.75 Å². The summed E-state index contributed by atoms with van der Waals surface area (Å²) in [7, 11) is 2.17. The molecule has 2 amide bonds. The summed E-state index contributed by atoms with van der Waals surface area (Å²) in [6, 6.07) is 15.7. The molecule has 1 saturated heterocycles. The van der Waals surface area contributed by atoms with Crippen molar-refractivity contribution in [1.29, 1.82) is 0 Å². The van der Waals surface area contributed by atoms with Crippen LogP contribution in [0.4, 0.5) is 10.5 Å². The van der Waals surface area contributed by atoms with Crippen molar-refractivity contribution in [2.24, 2.45) is 0 Å². The highest BCUT2D eigenvalue weighted by Crippen LogP contribution is 2.23. The van der Waals surface area contributed by atoms with E-state index in [2.05, 4.69) is 51.7 Å². The Hall–Kier alpha value is -2.57. The Bertz CT molecular complexity index is 755. The Morgan fingerprint density at radius 1 is 1.00 bits per heavy atom. The van der Waals surface area contributed by atoms with E-state index in [0.717, 1.165) is 38.3 Å². The van der Waals surface area contributed by atoms with Crippen LogP contribution in [0.2, 0.25) is 0 Å². The van der Waals surface area contributed by atoms with Gasteiger partial charge in [-0.25, -0.2) is 4.79 Å². The molecule has 1 aliphatic rings. The number of hydrogen-bond donors (Lipinski definition) is 2. The average Bonchev–Trinajstić information content (AvgIpc) is 2.71. The van der Waals surface area contributed by atoms with E-state index >= 15 is 0 Å². The highest BCUT2D eigenvalue weighted by Gasteiger charge is 2.13. The predicted molar refractivity (Wildman–Crippen MR) is 113 cm³/mol. The Kier molecular flexibility index (Phi) is 7.28. The van der Waals surface area contributed by atoms with Crippen LogP contribution in [0.5, 0.6) is 5.75 Å². The van der Waals surface area contributed by atoms with Gasteiger partial charge in [0.25, 0.3) is 0 Å². The van der Waals surface area contributed by atoms with E-state index in [-0.39, 0.29) is 6.03 Å². The van der Waals surface area contributed by atoms with Crippen LogP contribution in [0.25, 0.3) is 0 Å². The standard InChI is InChI=1S/C22H30N4O2/c1-3-28-21-7-5-4-6-20(21)24-22(27)23-16-18-8-10-19(11-9-18)17-26-14-12-25(2)13-15-26/h4-11H,3,12-17H2,1-2H3,(H2,23,24,27). The molecule has 2 N–H and O–H groups in total. The lowest BCUT2D eigenvalue weighted by Gasteiger charge is -2.32. The smallest absolute Gasteiger partial charge is 0.319 e. The lowest BCUT2D eigenvalue weighted by Crippen LogP contribution is -2.43. The molecule has 28 heavy (non-hydrogen) atoms. The zero-order chi connectivity index (χ0) is 19.8. The van der Waals surface area contributed by atoms with Crippen molar-refractivity contribution in [3.63, 3.8) is 0 Å². The number of nitrogens with zero attached hydrogens (tertiary/aromatic N) is 2. The molecule has 0 saturated carbocycles. The second-order valence-corrected chi connectivity index (χ2v) is 7.13. The molecule has 6 heteroatoms. The molecule has 0 bridgehead atoms. The number of hydrogen-bond acceptors (Lipinski definition) is 4. The summed E-state index contributed by atoms with van der Waals surface area (Å²) in [4.78, 5) is 17.1. The van der Waals surface area contributed by atoms with Gasteiger partial charge in [-0.3, -0.25) is 4.90 Å². The molecular weight excluding hydrogens is 352 g/mol. The molecule has 150 valence electrons. The summed E-state index contributed by atoms with van der Waals surface area (Å²) in [5, 5.41) is 5.75. The molecule has 0 spiro atoms. The molecule has 0 aliphatic carbocycles. The summed E-state index contributed by atoms with van der Waals surface area (Å²) in [5.41, 5.74) is 3.06. The molecule has 2 aromatic carbocycles. The topological polar surface area (TPSA) is 56.8 Å². The number of ether oxygens (including phenoxy) is 1. The molecular formula is C22H30N4O2. The number of benzene rings is 2. The number of amides is 2. The minimum absolute atomic E-state index is 0.242. The Morgan fingerprint density at radius 3 is 2.39 bits per heavy atom. The number of nitrogens with one attached hydrogen (secondary N) is 2. The summed E-state index contributed by atoms with van der Waals surface area (Å²) in [6.07, 6.45) is 0. The summed E-state index contributed by atoms with van der Waals surface area (Å²) in [5.74, 6) is 0.674. The van der Waals surface area contributed by atoms with E-state index in [1.807, 2.05) is 31.2 Å². The maximum atomic E-state index is 12.2. The predicted octanol–water partition coefficient (Wildman–Crippen LogP) is 3.15. The zero-order valence-electron chi connectivity index (χ0n) is 16.8. The fourth-order valence-corrected chi connectivity index (χ4v) is 3.23.